The first-order valence-electron chi connectivity index (χ1n) is 13.1. The van der Waals surface area contributed by atoms with Crippen molar-refractivity contribution in [1.29, 1.82) is 0 Å². The van der Waals surface area contributed by atoms with E-state index >= 15 is 0 Å². The lowest BCUT2D eigenvalue weighted by atomic mass is 9.78. The predicted octanol–water partition coefficient (Wildman–Crippen LogP) is 3.03. The summed E-state index contributed by atoms with van der Waals surface area (Å²) in [5.41, 5.74) is 1.95. The van der Waals surface area contributed by atoms with Gasteiger partial charge in [-0.3, -0.25) is 9.59 Å². The maximum absolute atomic E-state index is 14.1. The molecule has 2 amide bonds. The number of amides is 2. The molecule has 0 saturated carbocycles. The van der Waals surface area contributed by atoms with Crippen LogP contribution < -0.4 is 16.0 Å². The molecule has 3 aliphatic heterocycles. The standard InChI is InChI=1S/C31H30F2N4O2/c1-29(2)28(39)37(30(3,18-35-29)22-13-23(32)15-24(33)14-22)11-5-6-19-8-9-20-16-31(17-21(20)12-19)25-7-4-10-34-26(25)36-27(31)38/h4,7-9,12-15,34-35H,10-11,16-18H2,1-3H3,(H,36,38)/t30-,31+/m0/s1. The Hall–Kier alpha value is -3.96. The molecule has 3 heterocycles. The van der Waals surface area contributed by atoms with Gasteiger partial charge in [-0.05, 0) is 74.6 Å². The van der Waals surface area contributed by atoms with Crippen LogP contribution in [0.15, 0.2) is 59.9 Å². The second-order valence-corrected chi connectivity index (χ2v) is 11.5. The number of nitrogens with one attached hydrogen (secondary N) is 3. The topological polar surface area (TPSA) is 73.5 Å². The molecule has 1 spiro atoms. The summed E-state index contributed by atoms with van der Waals surface area (Å²) in [5, 5.41) is 9.48. The monoisotopic (exact) mass is 528 g/mol. The normalized spacial score (nSPS) is 26.6. The number of allylic oxidation sites excluding steroid dienone is 1. The fourth-order valence-corrected chi connectivity index (χ4v) is 6.20. The molecule has 0 aromatic heterocycles. The zero-order valence-corrected chi connectivity index (χ0v) is 22.2. The third-order valence-corrected chi connectivity index (χ3v) is 8.53. The van der Waals surface area contributed by atoms with Gasteiger partial charge in [0.2, 0.25) is 11.8 Å². The van der Waals surface area contributed by atoms with E-state index in [0.29, 0.717) is 31.5 Å². The van der Waals surface area contributed by atoms with Gasteiger partial charge in [0.25, 0.3) is 0 Å². The minimum Gasteiger partial charge on any atom is -0.368 e. The van der Waals surface area contributed by atoms with E-state index in [4.69, 9.17) is 0 Å². The molecular formula is C31H30F2N4O2. The summed E-state index contributed by atoms with van der Waals surface area (Å²) >= 11 is 0. The molecule has 2 aromatic carbocycles. The number of halogens is 2. The van der Waals surface area contributed by atoms with Gasteiger partial charge in [0.15, 0.2) is 0 Å². The second-order valence-electron chi connectivity index (χ2n) is 11.5. The first-order valence-corrected chi connectivity index (χ1v) is 13.1. The molecule has 200 valence electrons. The highest BCUT2D eigenvalue weighted by atomic mass is 19.1. The van der Waals surface area contributed by atoms with E-state index in [2.05, 4.69) is 27.8 Å². The number of benzene rings is 2. The molecule has 2 aromatic rings. The molecule has 6 nitrogen and oxygen atoms in total. The Morgan fingerprint density at radius 1 is 1.00 bits per heavy atom. The molecular weight excluding hydrogens is 498 g/mol. The first-order chi connectivity index (χ1) is 18.5. The van der Waals surface area contributed by atoms with E-state index in [1.165, 1.54) is 12.1 Å². The molecule has 1 aliphatic carbocycles. The van der Waals surface area contributed by atoms with E-state index in [0.717, 1.165) is 34.2 Å². The van der Waals surface area contributed by atoms with Crippen molar-refractivity contribution in [3.05, 3.63) is 93.8 Å². The number of carbonyl (C=O) groups excluding carboxylic acids is 2. The van der Waals surface area contributed by atoms with E-state index in [1.807, 2.05) is 30.4 Å². The van der Waals surface area contributed by atoms with Crippen molar-refractivity contribution in [3.63, 3.8) is 0 Å². The van der Waals surface area contributed by atoms with Crippen LogP contribution in [0.1, 0.15) is 43.0 Å². The van der Waals surface area contributed by atoms with Crippen LogP contribution in [0.4, 0.5) is 8.78 Å². The van der Waals surface area contributed by atoms with Gasteiger partial charge < -0.3 is 20.9 Å². The Kier molecular flexibility index (Phi) is 5.70. The highest BCUT2D eigenvalue weighted by molar-refractivity contribution is 5.93. The van der Waals surface area contributed by atoms with Gasteiger partial charge >= 0.3 is 0 Å². The molecule has 1 fully saturated rings. The Balaban J connectivity index is 1.27. The van der Waals surface area contributed by atoms with Crippen LogP contribution in [0.2, 0.25) is 0 Å². The molecule has 8 heteroatoms. The van der Waals surface area contributed by atoms with Crippen LogP contribution in [0.25, 0.3) is 0 Å². The molecule has 0 bridgehead atoms. The second kappa shape index (κ2) is 8.78. The summed E-state index contributed by atoms with van der Waals surface area (Å²) in [7, 11) is 0. The highest BCUT2D eigenvalue weighted by Crippen LogP contribution is 2.47. The maximum atomic E-state index is 14.1. The minimum absolute atomic E-state index is 0.0169. The molecule has 6 rings (SSSR count). The molecule has 39 heavy (non-hydrogen) atoms. The van der Waals surface area contributed by atoms with Gasteiger partial charge in [0.05, 0.1) is 23.0 Å². The fraction of sp³-hybridized carbons (Fsp3) is 0.355. The van der Waals surface area contributed by atoms with Crippen LogP contribution in [-0.4, -0.2) is 41.9 Å². The van der Waals surface area contributed by atoms with Crippen LogP contribution in [-0.2, 0) is 28.0 Å². The number of dihydropyridines is 1. The van der Waals surface area contributed by atoms with Crippen molar-refractivity contribution in [1.82, 2.24) is 20.9 Å². The van der Waals surface area contributed by atoms with Gasteiger partial charge in [-0.1, -0.05) is 30.1 Å². The quantitative estimate of drug-likeness (QED) is 0.524. The number of rotatable bonds is 2. The van der Waals surface area contributed by atoms with Crippen LogP contribution in [0.3, 0.4) is 0 Å². The van der Waals surface area contributed by atoms with Crippen molar-refractivity contribution in [2.24, 2.45) is 5.41 Å². The van der Waals surface area contributed by atoms with Gasteiger partial charge in [0.1, 0.15) is 17.5 Å². The zero-order valence-electron chi connectivity index (χ0n) is 22.2. The summed E-state index contributed by atoms with van der Waals surface area (Å²) in [6.45, 7) is 6.48. The summed E-state index contributed by atoms with van der Waals surface area (Å²) in [5.74, 6) is 5.55. The van der Waals surface area contributed by atoms with Gasteiger partial charge in [0, 0.05) is 30.3 Å². The van der Waals surface area contributed by atoms with Crippen molar-refractivity contribution in [2.75, 3.05) is 19.6 Å². The smallest absolute Gasteiger partial charge is 0.243 e. The van der Waals surface area contributed by atoms with E-state index in [1.54, 1.807) is 25.7 Å². The largest absolute Gasteiger partial charge is 0.368 e. The molecule has 0 unspecified atom stereocenters. The van der Waals surface area contributed by atoms with Crippen LogP contribution in [0.5, 0.6) is 0 Å². The lowest BCUT2D eigenvalue weighted by Crippen LogP contribution is -2.69. The highest BCUT2D eigenvalue weighted by Gasteiger charge is 2.52. The summed E-state index contributed by atoms with van der Waals surface area (Å²) < 4.78 is 28.2. The Bertz CT molecular complexity index is 1530. The molecule has 4 aliphatic rings. The first kappa shape index (κ1) is 25.3. The SMILES string of the molecule is CC1(C)NC[C@@](C)(c2cc(F)cc(F)c2)N(CC#Cc2ccc3c(c2)C[C@@]2(C3)C(=O)NC3=C2C=CCN3)C1=O. The van der Waals surface area contributed by atoms with Crippen molar-refractivity contribution < 1.29 is 18.4 Å². The van der Waals surface area contributed by atoms with E-state index in [-0.39, 0.29) is 18.4 Å². The maximum Gasteiger partial charge on any atom is 0.243 e. The molecule has 2 atom stereocenters. The number of hydrogen-bond acceptors (Lipinski definition) is 4. The van der Waals surface area contributed by atoms with E-state index < -0.39 is 28.1 Å². The third-order valence-electron chi connectivity index (χ3n) is 8.53. The average molecular weight is 529 g/mol. The van der Waals surface area contributed by atoms with Gasteiger partial charge in [-0.2, -0.15) is 0 Å². The molecule has 0 radical (unpaired) electrons. The number of hydrogen-bond donors (Lipinski definition) is 3. The third kappa shape index (κ3) is 4.04. The zero-order chi connectivity index (χ0) is 27.6. The lowest BCUT2D eigenvalue weighted by molar-refractivity contribution is -0.148. The average Bonchev–Trinajstić information content (AvgIpc) is 3.40. The number of nitrogens with zero attached hydrogens (tertiary/aromatic N) is 1. The summed E-state index contributed by atoms with van der Waals surface area (Å²) in [6.07, 6.45) is 5.32. The van der Waals surface area contributed by atoms with Crippen LogP contribution in [0, 0.1) is 28.9 Å². The Morgan fingerprint density at radius 2 is 1.74 bits per heavy atom. The van der Waals surface area contributed by atoms with Crippen molar-refractivity contribution in [2.45, 2.75) is 44.7 Å². The lowest BCUT2D eigenvalue weighted by Gasteiger charge is -2.50. The summed E-state index contributed by atoms with van der Waals surface area (Å²) in [4.78, 5) is 28.1. The Morgan fingerprint density at radius 3 is 2.51 bits per heavy atom. The number of fused-ring (bicyclic) bond motifs is 2. The minimum atomic E-state index is -0.989. The fourth-order valence-electron chi connectivity index (χ4n) is 6.20. The predicted molar refractivity (Wildman–Crippen MR) is 143 cm³/mol. The number of piperazine rings is 1. The van der Waals surface area contributed by atoms with Gasteiger partial charge in [-0.25, -0.2) is 8.78 Å². The summed E-state index contributed by atoms with van der Waals surface area (Å²) in [6, 6.07) is 9.34. The molecule has 1 saturated heterocycles. The van der Waals surface area contributed by atoms with Crippen LogP contribution >= 0.6 is 0 Å². The van der Waals surface area contributed by atoms with Gasteiger partial charge in [-0.15, -0.1) is 0 Å². The number of carbonyl (C=O) groups is 2. The molecule has 3 N–H and O–H groups in total. The van der Waals surface area contributed by atoms with E-state index in [9.17, 15) is 18.4 Å². The Labute approximate surface area is 226 Å². The van der Waals surface area contributed by atoms with Crippen molar-refractivity contribution in [3.8, 4) is 11.8 Å². The van der Waals surface area contributed by atoms with Crippen molar-refractivity contribution >= 4 is 11.8 Å².